The molecule has 3 rings (SSSR count). The van der Waals surface area contributed by atoms with E-state index >= 15 is 0 Å². The Hall–Kier alpha value is -3.71. The molecule has 3 aromatic rings. The van der Waals surface area contributed by atoms with E-state index in [-0.39, 0.29) is 24.0 Å². The summed E-state index contributed by atoms with van der Waals surface area (Å²) in [5.74, 6) is -2.21. The van der Waals surface area contributed by atoms with Crippen molar-refractivity contribution in [3.63, 3.8) is 0 Å². The minimum absolute atomic E-state index is 0.154. The fourth-order valence-electron chi connectivity index (χ4n) is 5.31. The van der Waals surface area contributed by atoms with Crippen LogP contribution in [0.2, 0.25) is 0 Å². The lowest BCUT2D eigenvalue weighted by Gasteiger charge is -2.29. The highest BCUT2D eigenvalue weighted by molar-refractivity contribution is 6.11. The first-order chi connectivity index (χ1) is 18.2. The molecule has 1 unspecified atom stereocenters. The number of hydrogen-bond acceptors (Lipinski definition) is 4. The molecular weight excluding hydrogens is 478 g/mol. The Bertz CT molecular complexity index is 1230. The number of allylic oxidation sites excluding steroid dienone is 1. The maximum absolute atomic E-state index is 13.9. The van der Waals surface area contributed by atoms with Gasteiger partial charge in [-0.3, -0.25) is 19.6 Å². The van der Waals surface area contributed by atoms with Gasteiger partial charge in [-0.25, -0.2) is 5.48 Å². The number of carbonyl (C=O) groups is 3. The monoisotopic (exact) mass is 517 g/mol. The second-order valence-corrected chi connectivity index (χ2v) is 10.5. The number of aromatic nitrogens is 1. The molecule has 0 saturated heterocycles. The van der Waals surface area contributed by atoms with E-state index < -0.39 is 23.8 Å². The van der Waals surface area contributed by atoms with Crippen LogP contribution in [0.25, 0.3) is 10.9 Å². The van der Waals surface area contributed by atoms with Crippen LogP contribution in [0.15, 0.2) is 73.4 Å². The van der Waals surface area contributed by atoms with Gasteiger partial charge in [0.05, 0.1) is 17.9 Å². The topological polar surface area (TPSA) is 111 Å². The van der Waals surface area contributed by atoms with Crippen molar-refractivity contribution in [3.8, 4) is 0 Å². The summed E-state index contributed by atoms with van der Waals surface area (Å²) < 4.78 is 0. The van der Waals surface area contributed by atoms with E-state index in [0.717, 1.165) is 22.9 Å². The summed E-state index contributed by atoms with van der Waals surface area (Å²) in [6.07, 6.45) is 5.10. The SMILES string of the molecule is C=CC[C@H](C(=O)NO)[C@@H](CC(C)CC(C)C)C(=O)N[C@@H](Cc1ccccc1)C(=O)c1c[nH]c2ccccc12. The first-order valence-electron chi connectivity index (χ1n) is 13.2. The Morgan fingerprint density at radius 3 is 2.29 bits per heavy atom. The zero-order valence-electron chi connectivity index (χ0n) is 22.4. The first kappa shape index (κ1) is 28.9. The summed E-state index contributed by atoms with van der Waals surface area (Å²) in [6, 6.07) is 16.2. The number of amides is 2. The normalized spacial score (nSPS) is 14.4. The van der Waals surface area contributed by atoms with E-state index in [9.17, 15) is 19.6 Å². The van der Waals surface area contributed by atoms with Crippen LogP contribution in [0.5, 0.6) is 0 Å². The second kappa shape index (κ2) is 13.7. The van der Waals surface area contributed by atoms with E-state index in [2.05, 4.69) is 37.7 Å². The van der Waals surface area contributed by atoms with Crippen molar-refractivity contribution < 1.29 is 19.6 Å². The summed E-state index contributed by atoms with van der Waals surface area (Å²) in [7, 11) is 0. The summed E-state index contributed by atoms with van der Waals surface area (Å²) in [5, 5.41) is 13.2. The molecule has 0 saturated carbocycles. The Morgan fingerprint density at radius 1 is 0.947 bits per heavy atom. The number of aromatic amines is 1. The lowest BCUT2D eigenvalue weighted by atomic mass is 9.79. The number of para-hydroxylation sites is 1. The second-order valence-electron chi connectivity index (χ2n) is 10.5. The summed E-state index contributed by atoms with van der Waals surface area (Å²) >= 11 is 0. The zero-order valence-corrected chi connectivity index (χ0v) is 22.4. The number of fused-ring (bicyclic) bond motifs is 1. The lowest BCUT2D eigenvalue weighted by Crippen LogP contribution is -2.48. The van der Waals surface area contributed by atoms with Crippen molar-refractivity contribution in [1.29, 1.82) is 0 Å². The molecule has 0 aliphatic rings. The van der Waals surface area contributed by atoms with Crippen LogP contribution in [0.3, 0.4) is 0 Å². The van der Waals surface area contributed by atoms with Gasteiger partial charge in [-0.1, -0.05) is 75.4 Å². The number of ketones is 1. The third kappa shape index (κ3) is 7.42. The number of H-pyrrole nitrogens is 1. The zero-order chi connectivity index (χ0) is 27.7. The summed E-state index contributed by atoms with van der Waals surface area (Å²) in [5.41, 5.74) is 3.97. The highest BCUT2D eigenvalue weighted by atomic mass is 16.5. The Labute approximate surface area is 224 Å². The lowest BCUT2D eigenvalue weighted by molar-refractivity contribution is -0.141. The van der Waals surface area contributed by atoms with Gasteiger partial charge in [0.2, 0.25) is 11.8 Å². The molecule has 0 aliphatic heterocycles. The Kier molecular flexibility index (Phi) is 10.4. The quantitative estimate of drug-likeness (QED) is 0.0984. The van der Waals surface area contributed by atoms with Gasteiger partial charge in [0.15, 0.2) is 5.78 Å². The third-order valence-corrected chi connectivity index (χ3v) is 6.99. The van der Waals surface area contributed by atoms with Crippen molar-refractivity contribution in [1.82, 2.24) is 15.8 Å². The number of hydroxylamine groups is 1. The summed E-state index contributed by atoms with van der Waals surface area (Å²) in [6.45, 7) is 10.0. The van der Waals surface area contributed by atoms with Crippen LogP contribution in [0.1, 0.15) is 56.0 Å². The minimum Gasteiger partial charge on any atom is -0.360 e. The Balaban J connectivity index is 1.96. The third-order valence-electron chi connectivity index (χ3n) is 6.99. The minimum atomic E-state index is -0.839. The molecule has 38 heavy (non-hydrogen) atoms. The average molecular weight is 518 g/mol. The highest BCUT2D eigenvalue weighted by Gasteiger charge is 2.36. The van der Waals surface area contributed by atoms with Crippen LogP contribution in [-0.2, 0) is 16.0 Å². The fourth-order valence-corrected chi connectivity index (χ4v) is 5.31. The van der Waals surface area contributed by atoms with Gasteiger partial charge >= 0.3 is 0 Å². The first-order valence-corrected chi connectivity index (χ1v) is 13.2. The maximum Gasteiger partial charge on any atom is 0.247 e. The van der Waals surface area contributed by atoms with Crippen LogP contribution < -0.4 is 10.8 Å². The molecule has 0 spiro atoms. The molecule has 0 bridgehead atoms. The molecular formula is C31H39N3O4. The maximum atomic E-state index is 13.9. The van der Waals surface area contributed by atoms with E-state index in [1.54, 1.807) is 17.8 Å². The summed E-state index contributed by atoms with van der Waals surface area (Å²) in [4.78, 5) is 43.5. The average Bonchev–Trinajstić information content (AvgIpc) is 3.33. The predicted octanol–water partition coefficient (Wildman–Crippen LogP) is 5.46. The van der Waals surface area contributed by atoms with Crippen LogP contribution in [0, 0.1) is 23.7 Å². The molecule has 1 heterocycles. The Morgan fingerprint density at radius 2 is 1.63 bits per heavy atom. The van der Waals surface area contributed by atoms with Crippen LogP contribution in [-0.4, -0.2) is 33.8 Å². The van der Waals surface area contributed by atoms with Gasteiger partial charge in [0.1, 0.15) is 0 Å². The number of hydrogen-bond donors (Lipinski definition) is 4. The van der Waals surface area contributed by atoms with Gasteiger partial charge in [-0.05, 0) is 42.7 Å². The van der Waals surface area contributed by atoms with Gasteiger partial charge in [0.25, 0.3) is 0 Å². The largest absolute Gasteiger partial charge is 0.360 e. The molecule has 0 aliphatic carbocycles. The van der Waals surface area contributed by atoms with Gasteiger partial charge < -0.3 is 10.3 Å². The van der Waals surface area contributed by atoms with Gasteiger partial charge in [-0.15, -0.1) is 6.58 Å². The molecule has 0 radical (unpaired) electrons. The van der Waals surface area contributed by atoms with Crippen molar-refractivity contribution in [2.75, 3.05) is 0 Å². The van der Waals surface area contributed by atoms with E-state index in [4.69, 9.17) is 0 Å². The van der Waals surface area contributed by atoms with E-state index in [0.29, 0.717) is 24.3 Å². The molecule has 202 valence electrons. The van der Waals surface area contributed by atoms with Crippen molar-refractivity contribution >= 4 is 28.5 Å². The molecule has 4 atom stereocenters. The van der Waals surface area contributed by atoms with E-state index in [1.165, 1.54) is 0 Å². The molecule has 7 heteroatoms. The number of benzene rings is 2. The van der Waals surface area contributed by atoms with E-state index in [1.807, 2.05) is 54.6 Å². The van der Waals surface area contributed by atoms with Gasteiger partial charge in [0, 0.05) is 29.1 Å². The van der Waals surface area contributed by atoms with Crippen molar-refractivity contribution in [2.24, 2.45) is 23.7 Å². The van der Waals surface area contributed by atoms with Gasteiger partial charge in [-0.2, -0.15) is 0 Å². The number of carbonyl (C=O) groups excluding carboxylic acids is 3. The molecule has 7 nitrogen and oxygen atoms in total. The molecule has 1 aromatic heterocycles. The predicted molar refractivity (Wildman–Crippen MR) is 150 cm³/mol. The number of rotatable bonds is 14. The van der Waals surface area contributed by atoms with Crippen molar-refractivity contribution in [3.05, 3.63) is 84.6 Å². The van der Waals surface area contributed by atoms with Crippen LogP contribution >= 0.6 is 0 Å². The molecule has 2 aromatic carbocycles. The molecule has 2 amide bonds. The highest BCUT2D eigenvalue weighted by Crippen LogP contribution is 2.29. The van der Waals surface area contributed by atoms with Crippen LogP contribution in [0.4, 0.5) is 0 Å². The standard InChI is InChI=1S/C31H39N3O4/c1-5-11-24(31(37)34-38)25(17-21(4)16-20(2)3)30(36)33-28(18-22-12-7-6-8-13-22)29(35)26-19-32-27-15-10-9-14-23(26)27/h5-10,12-15,19-21,24-25,28,32,38H,1,11,16-18H2,2-4H3,(H,33,36)(H,34,37)/t21?,24-,25+,28-/m0/s1. The fraction of sp³-hybridized carbons (Fsp3) is 0.387. The van der Waals surface area contributed by atoms with Crippen molar-refractivity contribution in [2.45, 2.75) is 52.5 Å². The molecule has 0 fully saturated rings. The number of nitrogens with one attached hydrogen (secondary N) is 3. The number of Topliss-reactive ketones (excluding diaryl/α,β-unsaturated/α-hetero) is 1. The molecule has 4 N–H and O–H groups in total. The smallest absolute Gasteiger partial charge is 0.247 e.